The Morgan fingerprint density at radius 1 is 1.43 bits per heavy atom. The van der Waals surface area contributed by atoms with Crippen molar-refractivity contribution in [2.75, 3.05) is 0 Å². The fraction of sp³-hybridized carbons (Fsp3) is 0.727. The van der Waals surface area contributed by atoms with E-state index >= 15 is 0 Å². The van der Waals surface area contributed by atoms with Crippen LogP contribution in [0.5, 0.6) is 0 Å². The molecular weight excluding hydrogens is 174 g/mol. The van der Waals surface area contributed by atoms with Crippen LogP contribution in [0.3, 0.4) is 0 Å². The van der Waals surface area contributed by atoms with Crippen molar-refractivity contribution >= 4 is 0 Å². The van der Waals surface area contributed by atoms with Gasteiger partial charge in [0.15, 0.2) is 0 Å². The largest absolute Gasteiger partial charge is 0.322 e. The Kier molecular flexibility index (Phi) is 4.66. The average Bonchev–Trinajstić information content (AvgIpc) is 2.61. The number of hydrogen-bond acceptors (Lipinski definition) is 2. The van der Waals surface area contributed by atoms with Crippen molar-refractivity contribution in [2.45, 2.75) is 52.1 Å². The summed E-state index contributed by atoms with van der Waals surface area (Å²) in [6.45, 7) is 4.19. The van der Waals surface area contributed by atoms with Crippen LogP contribution in [0.2, 0.25) is 0 Å². The summed E-state index contributed by atoms with van der Waals surface area (Å²) in [6, 6.07) is 0. The molecule has 0 bridgehead atoms. The smallest absolute Gasteiger partial charge is 0.0962 e. The van der Waals surface area contributed by atoms with E-state index in [0.717, 1.165) is 6.42 Å². The van der Waals surface area contributed by atoms with Crippen LogP contribution in [0.15, 0.2) is 12.5 Å². The lowest BCUT2D eigenvalue weighted by Crippen LogP contribution is -2.12. The number of nitrogens with two attached hydrogens (primary N) is 1. The summed E-state index contributed by atoms with van der Waals surface area (Å²) in [5.41, 5.74) is 6.89. The average molecular weight is 195 g/mol. The maximum Gasteiger partial charge on any atom is 0.0962 e. The highest BCUT2D eigenvalue weighted by atomic mass is 15.1. The topological polar surface area (TPSA) is 43.8 Å². The molecule has 0 fully saturated rings. The highest BCUT2D eigenvalue weighted by molar-refractivity contribution is 4.97. The predicted molar refractivity (Wildman–Crippen MR) is 59.0 cm³/mol. The van der Waals surface area contributed by atoms with Crippen molar-refractivity contribution < 1.29 is 0 Å². The quantitative estimate of drug-likeness (QED) is 0.709. The number of rotatable bonds is 6. The van der Waals surface area contributed by atoms with E-state index in [1.165, 1.54) is 31.4 Å². The summed E-state index contributed by atoms with van der Waals surface area (Å²) in [5, 5.41) is 0. The highest BCUT2D eigenvalue weighted by Gasteiger charge is 2.00. The van der Waals surface area contributed by atoms with Gasteiger partial charge in [0.25, 0.3) is 0 Å². The first-order chi connectivity index (χ1) is 6.74. The number of imidazole rings is 1. The summed E-state index contributed by atoms with van der Waals surface area (Å²) < 4.78 is 1.95. The molecule has 0 aliphatic carbocycles. The van der Waals surface area contributed by atoms with Crippen LogP contribution in [0.4, 0.5) is 0 Å². The molecule has 2 N–H and O–H groups in total. The first-order valence-electron chi connectivity index (χ1n) is 5.52. The number of hydrogen-bond donors (Lipinski definition) is 1. The van der Waals surface area contributed by atoms with E-state index < -0.39 is 0 Å². The van der Waals surface area contributed by atoms with Gasteiger partial charge in [0.2, 0.25) is 0 Å². The van der Waals surface area contributed by atoms with Gasteiger partial charge in [-0.25, -0.2) is 4.98 Å². The molecule has 0 spiro atoms. The van der Waals surface area contributed by atoms with Gasteiger partial charge in [0.1, 0.15) is 0 Å². The van der Waals surface area contributed by atoms with Crippen LogP contribution >= 0.6 is 0 Å². The van der Waals surface area contributed by atoms with Gasteiger partial charge in [0, 0.05) is 6.20 Å². The number of aryl methyl sites for hydroxylation is 1. The third-order valence-corrected chi connectivity index (χ3v) is 2.41. The lowest BCUT2D eigenvalue weighted by molar-refractivity contribution is 0.570. The van der Waals surface area contributed by atoms with Crippen molar-refractivity contribution in [3.05, 3.63) is 18.2 Å². The molecule has 1 aromatic rings. The minimum absolute atomic E-state index is 0.0342. The van der Waals surface area contributed by atoms with Gasteiger partial charge in [-0.15, -0.1) is 0 Å². The first-order valence-corrected chi connectivity index (χ1v) is 5.52. The van der Waals surface area contributed by atoms with Crippen LogP contribution in [0, 0.1) is 0 Å². The minimum atomic E-state index is 0.0342. The zero-order valence-electron chi connectivity index (χ0n) is 9.24. The molecule has 3 nitrogen and oxygen atoms in total. The molecular formula is C11H21N3. The third-order valence-electron chi connectivity index (χ3n) is 2.41. The van der Waals surface area contributed by atoms with Crippen molar-refractivity contribution in [3.8, 4) is 0 Å². The molecule has 0 radical (unpaired) electrons. The maximum absolute atomic E-state index is 5.73. The van der Waals surface area contributed by atoms with Crippen LogP contribution in [0.25, 0.3) is 0 Å². The van der Waals surface area contributed by atoms with E-state index in [0.29, 0.717) is 0 Å². The van der Waals surface area contributed by atoms with Gasteiger partial charge < -0.3 is 10.3 Å². The van der Waals surface area contributed by atoms with Gasteiger partial charge in [-0.05, 0) is 19.8 Å². The molecule has 14 heavy (non-hydrogen) atoms. The van der Waals surface area contributed by atoms with Gasteiger partial charge in [-0.1, -0.05) is 26.2 Å². The normalized spacial score (nSPS) is 13.1. The zero-order chi connectivity index (χ0) is 10.4. The van der Waals surface area contributed by atoms with E-state index in [2.05, 4.69) is 18.1 Å². The maximum atomic E-state index is 5.73. The lowest BCUT2D eigenvalue weighted by atomic mass is 10.1. The molecule has 1 aromatic heterocycles. The van der Waals surface area contributed by atoms with E-state index in [1.807, 2.05) is 17.8 Å². The Morgan fingerprint density at radius 2 is 2.21 bits per heavy atom. The molecule has 80 valence electrons. The summed E-state index contributed by atoms with van der Waals surface area (Å²) in [7, 11) is 0. The SMILES string of the molecule is CCCCCCc1cn(C(C)N)cn1. The molecule has 1 unspecified atom stereocenters. The van der Waals surface area contributed by atoms with Crippen molar-refractivity contribution in [3.63, 3.8) is 0 Å². The molecule has 0 saturated heterocycles. The van der Waals surface area contributed by atoms with E-state index in [-0.39, 0.29) is 6.17 Å². The minimum Gasteiger partial charge on any atom is -0.322 e. The number of aromatic nitrogens is 2. The molecule has 1 atom stereocenters. The Labute approximate surface area is 86.3 Å². The Morgan fingerprint density at radius 3 is 2.79 bits per heavy atom. The van der Waals surface area contributed by atoms with Crippen molar-refractivity contribution in [1.82, 2.24) is 9.55 Å². The van der Waals surface area contributed by atoms with E-state index in [4.69, 9.17) is 5.73 Å². The molecule has 0 aliphatic heterocycles. The monoisotopic (exact) mass is 195 g/mol. The first kappa shape index (κ1) is 11.2. The van der Waals surface area contributed by atoms with Crippen LogP contribution < -0.4 is 5.73 Å². The van der Waals surface area contributed by atoms with Crippen molar-refractivity contribution in [1.29, 1.82) is 0 Å². The second-order valence-electron chi connectivity index (χ2n) is 3.86. The van der Waals surface area contributed by atoms with E-state index in [1.54, 1.807) is 0 Å². The van der Waals surface area contributed by atoms with Gasteiger partial charge in [-0.3, -0.25) is 0 Å². The van der Waals surface area contributed by atoms with E-state index in [9.17, 15) is 0 Å². The summed E-state index contributed by atoms with van der Waals surface area (Å²) in [4.78, 5) is 4.32. The number of unbranched alkanes of at least 4 members (excludes halogenated alkanes) is 3. The fourth-order valence-electron chi connectivity index (χ4n) is 1.46. The molecule has 0 saturated carbocycles. The number of nitrogens with zero attached hydrogens (tertiary/aromatic N) is 2. The highest BCUT2D eigenvalue weighted by Crippen LogP contribution is 2.07. The lowest BCUT2D eigenvalue weighted by Gasteiger charge is -2.03. The second kappa shape index (κ2) is 5.81. The van der Waals surface area contributed by atoms with Crippen LogP contribution in [-0.4, -0.2) is 9.55 Å². The molecule has 0 aromatic carbocycles. The van der Waals surface area contributed by atoms with Crippen LogP contribution in [-0.2, 0) is 6.42 Å². The van der Waals surface area contributed by atoms with Crippen LogP contribution in [0.1, 0.15) is 51.4 Å². The molecule has 1 heterocycles. The van der Waals surface area contributed by atoms with Gasteiger partial charge in [0.05, 0.1) is 18.2 Å². The Bertz CT molecular complexity index is 253. The predicted octanol–water partition coefficient (Wildman–Crippen LogP) is 2.48. The summed E-state index contributed by atoms with van der Waals surface area (Å²) in [5.74, 6) is 0. The molecule has 3 heteroatoms. The summed E-state index contributed by atoms with van der Waals surface area (Å²) >= 11 is 0. The van der Waals surface area contributed by atoms with Gasteiger partial charge in [-0.2, -0.15) is 0 Å². The molecule has 1 rings (SSSR count). The third kappa shape index (κ3) is 3.50. The second-order valence-corrected chi connectivity index (χ2v) is 3.86. The standard InChI is InChI=1S/C11H21N3/c1-3-4-5-6-7-11-8-14(9-13-11)10(2)12/h8-10H,3-7,12H2,1-2H3. The Balaban J connectivity index is 2.29. The zero-order valence-corrected chi connectivity index (χ0v) is 9.24. The van der Waals surface area contributed by atoms with Gasteiger partial charge >= 0.3 is 0 Å². The fourth-order valence-corrected chi connectivity index (χ4v) is 1.46. The molecule has 0 amide bonds. The molecule has 0 aliphatic rings. The summed E-state index contributed by atoms with van der Waals surface area (Å²) in [6.07, 6.45) is 10.1. The Hall–Kier alpha value is -0.830. The van der Waals surface area contributed by atoms with Crippen molar-refractivity contribution in [2.24, 2.45) is 5.73 Å².